The number of fused-ring (bicyclic) bond motifs is 26. The van der Waals surface area contributed by atoms with Gasteiger partial charge in [0.2, 0.25) is 5.71 Å². The van der Waals surface area contributed by atoms with Gasteiger partial charge in [0, 0.05) is 172 Å². The third-order valence-electron chi connectivity index (χ3n) is 31.8. The standard InChI is InChI=1S/C79H75N3O3.C58H53N3OS/c1-44(2)46-22-26-49(27-23-46)80(51-32-36-66-59(40-51)55-18-16-20-63(73(55)83-66)77(8,9)10)53-30-34-57-65(42-53)79(14,15)70-62-39-48(76(5,6)7)38-61-69-58-35-31-54(43-68(58)85-75(69)82(71(61)62)72(57)70)81(50-28-24-47(25-29-50)45(3)4)52-33-37-67-60(41-52)56-19-17-21-64(74(56)84-67)78(11,12)13;1-56(2,3)36-20-24-41(25-21-36)59(39-16-12-10-13-17-39)43-28-30-45-49(34-43)62-54-48-33-38(58(7,8)9)32-47-51-46-31-29-44(35-50(46)63-55(51)61(52(47)48)53(45)54)60(40-18-14-11-15-19-40)42-26-22-37(23-27-42)57(4,5)6/h16-45H,1-15H3;10-35H,1-9H3. The minimum atomic E-state index is -0.364. The number of furan rings is 4. The number of thiophene rings is 1. The summed E-state index contributed by atoms with van der Waals surface area (Å²) < 4.78 is 34.2. The van der Waals surface area contributed by atoms with Crippen LogP contribution in [0.25, 0.3) is 152 Å². The molecular formula is C137H128N6O4S. The van der Waals surface area contributed by atoms with Crippen molar-refractivity contribution in [2.24, 2.45) is 0 Å². The molecule has 25 aromatic rings. The Morgan fingerprint density at radius 2 is 0.642 bits per heavy atom. The highest BCUT2D eigenvalue weighted by atomic mass is 32.1. The van der Waals surface area contributed by atoms with Gasteiger partial charge in [0.15, 0.2) is 5.58 Å². The number of hydrogen-bond acceptors (Lipinski definition) is 9. The summed E-state index contributed by atoms with van der Waals surface area (Å²) in [6, 6.07) is 122. The molecule has 11 heteroatoms. The Morgan fingerprint density at radius 3 is 1.11 bits per heavy atom. The van der Waals surface area contributed by atoms with Crippen LogP contribution >= 0.6 is 11.3 Å². The lowest BCUT2D eigenvalue weighted by atomic mass is 9.79. The SMILES string of the molecule is CC(C)(C)c1ccc(N(c2ccccc2)c2ccc3c(c2)oc2c4cc(C(C)(C)C)cc5c6c7ccc(N(c8ccccc8)c8ccc(C(C)(C)C)cc8)cc7sc6n(c45)c32)cc1.CC(C)c1ccc(N(c2ccc3c(c2)C(C)(C)c2c-3n3c4oc5cc(N(c6ccc(C(C)C)cc6)c6ccc7oc8c(C(C)(C)C)cccc8c7c6)ccc5c4c4cc(C(C)(C)C)cc2c43)c2ccc3oc4c(C(C)(C)C)cccc4c3c2)cc1. The Labute approximate surface area is 870 Å². The molecule has 0 fully saturated rings. The summed E-state index contributed by atoms with van der Waals surface area (Å²) in [4.78, 5) is 10.8. The highest BCUT2D eigenvalue weighted by Gasteiger charge is 2.44. The molecule has 0 atom stereocenters. The first-order chi connectivity index (χ1) is 70.6. The second kappa shape index (κ2) is 33.4. The second-order valence-electron chi connectivity index (χ2n) is 49.0. The predicted octanol–water partition coefficient (Wildman–Crippen LogP) is 41.2. The molecule has 26 rings (SSSR count). The number of para-hydroxylation sites is 4. The van der Waals surface area contributed by atoms with Crippen molar-refractivity contribution in [2.75, 3.05) is 19.6 Å². The fourth-order valence-electron chi connectivity index (χ4n) is 23.7. The van der Waals surface area contributed by atoms with Crippen molar-refractivity contribution in [1.29, 1.82) is 0 Å². The van der Waals surface area contributed by atoms with Crippen LogP contribution in [-0.4, -0.2) is 8.80 Å². The molecule has 9 heterocycles. The minimum absolute atomic E-state index is 0.0580. The normalized spacial score (nSPS) is 13.4. The van der Waals surface area contributed by atoms with Crippen molar-refractivity contribution < 1.29 is 17.7 Å². The van der Waals surface area contributed by atoms with Gasteiger partial charge in [0.25, 0.3) is 0 Å². The Kier molecular flexibility index (Phi) is 21.1. The van der Waals surface area contributed by atoms with Gasteiger partial charge in [-0.2, -0.15) is 0 Å². The van der Waals surface area contributed by atoms with Crippen LogP contribution in [0.3, 0.4) is 0 Å². The molecule has 0 bridgehead atoms. The second-order valence-corrected chi connectivity index (χ2v) is 50.0. The zero-order chi connectivity index (χ0) is 103. The Bertz CT molecular complexity index is 9600. The Balaban J connectivity index is 0.000000161. The molecule has 736 valence electrons. The lowest BCUT2D eigenvalue weighted by molar-refractivity contribution is 0.572. The summed E-state index contributed by atoms with van der Waals surface area (Å²) >= 11 is 1.88. The average molecular weight is 1950 g/mol. The number of hydrogen-bond donors (Lipinski definition) is 0. The molecule has 0 saturated carbocycles. The van der Waals surface area contributed by atoms with Gasteiger partial charge < -0.3 is 37.3 Å². The van der Waals surface area contributed by atoms with Gasteiger partial charge in [-0.05, 0) is 271 Å². The van der Waals surface area contributed by atoms with Crippen molar-refractivity contribution >= 4 is 220 Å². The molecule has 1 aliphatic rings. The molecule has 9 aromatic heterocycles. The van der Waals surface area contributed by atoms with E-state index in [1.807, 2.05) is 11.3 Å². The number of anilines is 12. The zero-order valence-electron chi connectivity index (χ0n) is 89.6. The summed E-state index contributed by atoms with van der Waals surface area (Å²) in [6.45, 7) is 55.0. The number of benzene rings is 16. The van der Waals surface area contributed by atoms with E-state index in [0.29, 0.717) is 11.8 Å². The maximum atomic E-state index is 7.44. The van der Waals surface area contributed by atoms with Gasteiger partial charge in [-0.15, -0.1) is 11.3 Å². The fourth-order valence-corrected chi connectivity index (χ4v) is 25.0. The molecule has 0 unspecified atom stereocenters. The van der Waals surface area contributed by atoms with Gasteiger partial charge in [-0.3, -0.25) is 8.80 Å². The third kappa shape index (κ3) is 15.0. The molecule has 0 saturated heterocycles. The maximum Gasteiger partial charge on any atom is 0.213 e. The van der Waals surface area contributed by atoms with Crippen molar-refractivity contribution in [3.8, 4) is 11.3 Å². The van der Waals surface area contributed by atoms with Gasteiger partial charge in [-0.25, -0.2) is 0 Å². The number of aromatic nitrogens is 2. The van der Waals surface area contributed by atoms with E-state index in [1.54, 1.807) is 0 Å². The summed E-state index contributed by atoms with van der Waals surface area (Å²) in [6.07, 6.45) is 0. The van der Waals surface area contributed by atoms with Crippen LogP contribution in [0.1, 0.15) is 234 Å². The first kappa shape index (κ1) is 93.7. The molecule has 0 radical (unpaired) electrons. The summed E-state index contributed by atoms with van der Waals surface area (Å²) in [5.74, 6) is 0.826. The van der Waals surface area contributed by atoms with E-state index in [0.717, 1.165) is 156 Å². The first-order valence-electron chi connectivity index (χ1n) is 52.8. The molecule has 1 aliphatic carbocycles. The van der Waals surface area contributed by atoms with Crippen LogP contribution in [0.5, 0.6) is 0 Å². The highest BCUT2D eigenvalue weighted by Crippen LogP contribution is 2.60. The van der Waals surface area contributed by atoms with Gasteiger partial charge in [0.05, 0.1) is 22.1 Å². The summed E-state index contributed by atoms with van der Waals surface area (Å²) in [7, 11) is 0. The lowest BCUT2D eigenvalue weighted by Gasteiger charge is -2.28. The summed E-state index contributed by atoms with van der Waals surface area (Å²) in [5, 5.41) is 15.4. The van der Waals surface area contributed by atoms with E-state index in [1.165, 1.54) is 120 Å². The molecule has 148 heavy (non-hydrogen) atoms. The Morgan fingerprint density at radius 1 is 0.264 bits per heavy atom. The van der Waals surface area contributed by atoms with Crippen LogP contribution in [0.15, 0.2) is 345 Å². The quantitative estimate of drug-likeness (QED) is 0.107. The van der Waals surface area contributed by atoms with Gasteiger partial charge >= 0.3 is 0 Å². The van der Waals surface area contributed by atoms with E-state index in [2.05, 4.69) is 522 Å². The van der Waals surface area contributed by atoms with Crippen LogP contribution in [0, 0.1) is 0 Å². The highest BCUT2D eigenvalue weighted by molar-refractivity contribution is 7.25. The van der Waals surface area contributed by atoms with E-state index < -0.39 is 0 Å². The maximum absolute atomic E-state index is 7.44. The molecule has 0 N–H and O–H groups in total. The lowest BCUT2D eigenvalue weighted by Crippen LogP contribution is -2.17. The van der Waals surface area contributed by atoms with E-state index in [-0.39, 0.29) is 37.9 Å². The molecule has 10 nitrogen and oxygen atoms in total. The van der Waals surface area contributed by atoms with Crippen LogP contribution in [-0.2, 0) is 37.9 Å². The predicted molar refractivity (Wildman–Crippen MR) is 631 cm³/mol. The van der Waals surface area contributed by atoms with Crippen LogP contribution in [0.2, 0.25) is 0 Å². The molecule has 16 aromatic carbocycles. The molecular weight excluding hydrogens is 1830 g/mol. The summed E-state index contributed by atoms with van der Waals surface area (Å²) in [5.41, 5.74) is 38.8. The third-order valence-corrected chi connectivity index (χ3v) is 33.0. The Hall–Kier alpha value is -15.3. The van der Waals surface area contributed by atoms with Gasteiger partial charge in [0.1, 0.15) is 43.8 Å². The fraction of sp³-hybridized carbons (Fsp3) is 0.241. The van der Waals surface area contributed by atoms with Crippen molar-refractivity contribution in [1.82, 2.24) is 8.80 Å². The molecule has 0 amide bonds. The van der Waals surface area contributed by atoms with Crippen LogP contribution in [0.4, 0.5) is 68.2 Å². The topological polar surface area (TPSA) is 74.3 Å². The van der Waals surface area contributed by atoms with Gasteiger partial charge in [-0.1, -0.05) is 300 Å². The van der Waals surface area contributed by atoms with Crippen LogP contribution < -0.4 is 19.6 Å². The van der Waals surface area contributed by atoms with E-state index in [4.69, 9.17) is 17.7 Å². The van der Waals surface area contributed by atoms with Crippen molar-refractivity contribution in [3.63, 3.8) is 0 Å². The number of rotatable bonds is 14. The molecule has 0 spiro atoms. The zero-order valence-corrected chi connectivity index (χ0v) is 90.4. The van der Waals surface area contributed by atoms with Crippen molar-refractivity contribution in [3.05, 3.63) is 383 Å². The largest absolute Gasteiger partial charge is 0.456 e. The minimum Gasteiger partial charge on any atom is -0.456 e. The smallest absolute Gasteiger partial charge is 0.213 e. The van der Waals surface area contributed by atoms with Crippen molar-refractivity contribution in [2.45, 2.75) is 216 Å². The molecule has 0 aliphatic heterocycles. The average Bonchev–Trinajstić information content (AvgIpc) is 1.49. The van der Waals surface area contributed by atoms with E-state index >= 15 is 0 Å². The first-order valence-corrected chi connectivity index (χ1v) is 53.6. The monoisotopic (exact) mass is 1950 g/mol. The van der Waals surface area contributed by atoms with E-state index in [9.17, 15) is 0 Å². The number of nitrogens with zero attached hydrogens (tertiary/aromatic N) is 6.